The van der Waals surface area contributed by atoms with Crippen LogP contribution in [0.3, 0.4) is 0 Å². The van der Waals surface area contributed by atoms with Gasteiger partial charge in [0.2, 0.25) is 5.91 Å². The van der Waals surface area contributed by atoms with E-state index in [1.54, 1.807) is 0 Å². The van der Waals surface area contributed by atoms with Crippen molar-refractivity contribution in [2.75, 3.05) is 26.2 Å². The van der Waals surface area contributed by atoms with Gasteiger partial charge in [0, 0.05) is 50.4 Å². The van der Waals surface area contributed by atoms with Gasteiger partial charge in [0.15, 0.2) is 0 Å². The highest BCUT2D eigenvalue weighted by atomic mass is 16.2. The number of fused-ring (bicyclic) bond motifs is 1. The number of benzene rings is 1. The summed E-state index contributed by atoms with van der Waals surface area (Å²) in [6.07, 6.45) is 3.83. The minimum Gasteiger partial charge on any atom is -0.351 e. The van der Waals surface area contributed by atoms with Crippen LogP contribution in [-0.2, 0) is 17.9 Å². The lowest BCUT2D eigenvalue weighted by Crippen LogP contribution is -2.46. The third-order valence-electron chi connectivity index (χ3n) is 5.22. The lowest BCUT2D eigenvalue weighted by Gasteiger charge is -2.25. The van der Waals surface area contributed by atoms with Gasteiger partial charge in [-0.15, -0.1) is 0 Å². The summed E-state index contributed by atoms with van der Waals surface area (Å²) in [6, 6.07) is 10.2. The van der Waals surface area contributed by atoms with Gasteiger partial charge in [0.05, 0.1) is 18.2 Å². The van der Waals surface area contributed by atoms with Crippen molar-refractivity contribution < 1.29 is 4.79 Å². The molecule has 1 aromatic heterocycles. The van der Waals surface area contributed by atoms with E-state index in [9.17, 15) is 4.79 Å². The quantitative estimate of drug-likeness (QED) is 0.742. The summed E-state index contributed by atoms with van der Waals surface area (Å²) < 4.78 is 1.91. The van der Waals surface area contributed by atoms with Gasteiger partial charge in [-0.05, 0) is 5.56 Å². The van der Waals surface area contributed by atoms with E-state index in [1.807, 2.05) is 35.3 Å². The molecule has 0 saturated carbocycles. The van der Waals surface area contributed by atoms with Gasteiger partial charge in [-0.1, -0.05) is 30.3 Å². The predicted octanol–water partition coefficient (Wildman–Crippen LogP) is 0.357. The number of aromatic nitrogens is 2. The zero-order valence-corrected chi connectivity index (χ0v) is 13.7. The topological polar surface area (TPSA) is 71.0 Å². The average Bonchev–Trinajstić information content (AvgIpc) is 3.29. The van der Waals surface area contributed by atoms with Crippen LogP contribution in [0.4, 0.5) is 0 Å². The van der Waals surface area contributed by atoms with Crippen LogP contribution in [0.5, 0.6) is 0 Å². The van der Waals surface area contributed by atoms with Crippen molar-refractivity contribution in [2.24, 2.45) is 11.3 Å². The number of amides is 1. The SMILES string of the molecule is O=C(NCc1cnn(Cc2ccccc2)c1)C12CNCC1CNC2. The van der Waals surface area contributed by atoms with Crippen molar-refractivity contribution in [3.63, 3.8) is 0 Å². The highest BCUT2D eigenvalue weighted by Crippen LogP contribution is 2.34. The normalized spacial score (nSPS) is 25.6. The van der Waals surface area contributed by atoms with Crippen molar-refractivity contribution in [3.8, 4) is 0 Å². The van der Waals surface area contributed by atoms with Gasteiger partial charge in [0.25, 0.3) is 0 Å². The summed E-state index contributed by atoms with van der Waals surface area (Å²) in [6.45, 7) is 4.66. The monoisotopic (exact) mass is 325 g/mol. The number of hydrogen-bond donors (Lipinski definition) is 3. The minimum atomic E-state index is -0.278. The molecule has 2 aliphatic rings. The second-order valence-corrected chi connectivity index (χ2v) is 6.83. The van der Waals surface area contributed by atoms with E-state index < -0.39 is 0 Å². The molecule has 2 fully saturated rings. The number of nitrogens with one attached hydrogen (secondary N) is 3. The molecule has 3 N–H and O–H groups in total. The molecule has 0 spiro atoms. The molecule has 4 rings (SSSR count). The zero-order valence-electron chi connectivity index (χ0n) is 13.7. The fourth-order valence-corrected chi connectivity index (χ4v) is 3.81. The van der Waals surface area contributed by atoms with Crippen LogP contribution in [0.25, 0.3) is 0 Å². The van der Waals surface area contributed by atoms with Gasteiger partial charge >= 0.3 is 0 Å². The van der Waals surface area contributed by atoms with E-state index in [4.69, 9.17) is 0 Å². The fraction of sp³-hybridized carbons (Fsp3) is 0.444. The Morgan fingerprint density at radius 3 is 2.71 bits per heavy atom. The molecule has 0 radical (unpaired) electrons. The zero-order chi connectivity index (χ0) is 16.4. The highest BCUT2D eigenvalue weighted by molar-refractivity contribution is 5.84. The van der Waals surface area contributed by atoms with Crippen molar-refractivity contribution >= 4 is 5.91 Å². The van der Waals surface area contributed by atoms with Crippen LogP contribution >= 0.6 is 0 Å². The molecule has 126 valence electrons. The highest BCUT2D eigenvalue weighted by Gasteiger charge is 2.51. The molecule has 0 unspecified atom stereocenters. The van der Waals surface area contributed by atoms with E-state index >= 15 is 0 Å². The standard InChI is InChI=1S/C18H23N5O/c24-17(18-12-19-8-16(18)9-20-13-18)21-6-15-7-22-23(11-15)10-14-4-2-1-3-5-14/h1-5,7,11,16,19-20H,6,8-10,12-13H2,(H,21,24). The number of nitrogens with zero attached hydrogens (tertiary/aromatic N) is 2. The lowest BCUT2D eigenvalue weighted by atomic mass is 9.80. The van der Waals surface area contributed by atoms with Gasteiger partial charge in [-0.25, -0.2) is 0 Å². The van der Waals surface area contributed by atoms with E-state index in [0.29, 0.717) is 12.5 Å². The first-order valence-electron chi connectivity index (χ1n) is 8.51. The first-order valence-corrected chi connectivity index (χ1v) is 8.51. The molecule has 24 heavy (non-hydrogen) atoms. The second-order valence-electron chi connectivity index (χ2n) is 6.83. The molecule has 3 heterocycles. The third-order valence-corrected chi connectivity index (χ3v) is 5.22. The summed E-state index contributed by atoms with van der Waals surface area (Å²) >= 11 is 0. The summed E-state index contributed by atoms with van der Waals surface area (Å²) in [5, 5.41) is 14.2. The molecule has 0 aliphatic carbocycles. The summed E-state index contributed by atoms with van der Waals surface area (Å²) in [5.74, 6) is 0.552. The molecule has 0 atom stereocenters. The van der Waals surface area contributed by atoms with Crippen molar-refractivity contribution in [3.05, 3.63) is 53.9 Å². The lowest BCUT2D eigenvalue weighted by molar-refractivity contribution is -0.130. The maximum Gasteiger partial charge on any atom is 0.229 e. The van der Waals surface area contributed by atoms with Crippen LogP contribution in [-0.4, -0.2) is 41.9 Å². The number of rotatable bonds is 5. The molecule has 6 heteroatoms. The van der Waals surface area contributed by atoms with E-state index in [0.717, 1.165) is 38.3 Å². The Kier molecular flexibility index (Phi) is 4.08. The van der Waals surface area contributed by atoms with Crippen LogP contribution in [0, 0.1) is 11.3 Å². The Morgan fingerprint density at radius 1 is 1.21 bits per heavy atom. The summed E-state index contributed by atoms with van der Waals surface area (Å²) in [4.78, 5) is 12.7. The van der Waals surface area contributed by atoms with Crippen molar-refractivity contribution in [2.45, 2.75) is 13.1 Å². The molecular weight excluding hydrogens is 302 g/mol. The first kappa shape index (κ1) is 15.4. The van der Waals surface area contributed by atoms with Crippen LogP contribution in [0.15, 0.2) is 42.7 Å². The van der Waals surface area contributed by atoms with Gasteiger partial charge < -0.3 is 16.0 Å². The molecular formula is C18H23N5O. The Hall–Kier alpha value is -2.18. The molecule has 1 aromatic carbocycles. The van der Waals surface area contributed by atoms with Crippen molar-refractivity contribution in [1.29, 1.82) is 0 Å². The van der Waals surface area contributed by atoms with Crippen LogP contribution < -0.4 is 16.0 Å². The predicted molar refractivity (Wildman–Crippen MR) is 91.3 cm³/mol. The molecule has 0 bridgehead atoms. The Morgan fingerprint density at radius 2 is 1.96 bits per heavy atom. The Labute approximate surface area is 141 Å². The van der Waals surface area contributed by atoms with E-state index in [1.165, 1.54) is 5.56 Å². The largest absolute Gasteiger partial charge is 0.351 e. The third kappa shape index (κ3) is 2.83. The Bertz CT molecular complexity index is 701. The van der Waals surface area contributed by atoms with Gasteiger partial charge in [-0.2, -0.15) is 5.10 Å². The molecule has 2 aliphatic heterocycles. The van der Waals surface area contributed by atoms with Gasteiger partial charge in [0.1, 0.15) is 0 Å². The fourth-order valence-electron chi connectivity index (χ4n) is 3.81. The smallest absolute Gasteiger partial charge is 0.229 e. The molecule has 2 saturated heterocycles. The van der Waals surface area contributed by atoms with Crippen molar-refractivity contribution in [1.82, 2.24) is 25.7 Å². The first-order chi connectivity index (χ1) is 11.8. The maximum absolute atomic E-state index is 12.7. The van der Waals surface area contributed by atoms with E-state index in [-0.39, 0.29) is 11.3 Å². The number of carbonyl (C=O) groups is 1. The average molecular weight is 325 g/mol. The van der Waals surface area contributed by atoms with Crippen LogP contribution in [0.2, 0.25) is 0 Å². The molecule has 6 nitrogen and oxygen atoms in total. The minimum absolute atomic E-state index is 0.151. The number of hydrogen-bond acceptors (Lipinski definition) is 4. The number of carbonyl (C=O) groups excluding carboxylic acids is 1. The maximum atomic E-state index is 12.7. The molecule has 2 aromatic rings. The van der Waals surface area contributed by atoms with Crippen LogP contribution in [0.1, 0.15) is 11.1 Å². The summed E-state index contributed by atoms with van der Waals surface area (Å²) in [7, 11) is 0. The molecule has 1 amide bonds. The Balaban J connectivity index is 1.36. The second kappa shape index (κ2) is 6.37. The van der Waals surface area contributed by atoms with E-state index in [2.05, 4.69) is 33.2 Å². The van der Waals surface area contributed by atoms with Gasteiger partial charge in [-0.3, -0.25) is 9.48 Å². The summed E-state index contributed by atoms with van der Waals surface area (Å²) in [5.41, 5.74) is 1.97.